The fraction of sp³-hybridized carbons (Fsp3) is 0.250. The van der Waals surface area contributed by atoms with Crippen molar-refractivity contribution in [2.24, 2.45) is 0 Å². The molecule has 2 aromatic heterocycles. The summed E-state index contributed by atoms with van der Waals surface area (Å²) >= 11 is 0. The van der Waals surface area contributed by atoms with Gasteiger partial charge in [0.2, 0.25) is 0 Å². The van der Waals surface area contributed by atoms with Crippen LogP contribution in [0.25, 0.3) is 0 Å². The minimum Gasteiger partial charge on any atom is -0.464 e. The van der Waals surface area contributed by atoms with Gasteiger partial charge in [0.1, 0.15) is 11.5 Å². The van der Waals surface area contributed by atoms with Crippen molar-refractivity contribution in [2.75, 3.05) is 0 Å². The maximum atomic E-state index is 11.6. The summed E-state index contributed by atoms with van der Waals surface area (Å²) in [4.78, 5) is 11.6. The van der Waals surface area contributed by atoms with Gasteiger partial charge in [-0.2, -0.15) is 0 Å². The Kier molecular flexibility index (Phi) is 2.81. The first-order chi connectivity index (χ1) is 7.66. The van der Waals surface area contributed by atoms with E-state index in [-0.39, 0.29) is 11.9 Å². The van der Waals surface area contributed by atoms with Crippen molar-refractivity contribution >= 4 is 5.91 Å². The van der Waals surface area contributed by atoms with Crippen molar-refractivity contribution in [3.8, 4) is 0 Å². The lowest BCUT2D eigenvalue weighted by Crippen LogP contribution is -2.25. The van der Waals surface area contributed by atoms with Gasteiger partial charge in [0.05, 0.1) is 12.3 Å². The average Bonchev–Trinajstić information content (AvgIpc) is 2.87. The van der Waals surface area contributed by atoms with E-state index in [0.717, 1.165) is 11.5 Å². The maximum absolute atomic E-state index is 11.6. The highest BCUT2D eigenvalue weighted by Crippen LogP contribution is 2.16. The molecule has 1 N–H and O–H groups in total. The minimum absolute atomic E-state index is 0.175. The van der Waals surface area contributed by atoms with Crippen molar-refractivity contribution in [1.82, 2.24) is 5.32 Å². The van der Waals surface area contributed by atoms with Gasteiger partial charge in [0.15, 0.2) is 5.76 Å². The van der Waals surface area contributed by atoms with Crippen LogP contribution in [-0.2, 0) is 0 Å². The fourth-order valence-corrected chi connectivity index (χ4v) is 1.43. The molecule has 0 aromatic carbocycles. The fourth-order valence-electron chi connectivity index (χ4n) is 1.43. The van der Waals surface area contributed by atoms with Crippen LogP contribution in [-0.4, -0.2) is 5.91 Å². The number of amides is 1. The Morgan fingerprint density at radius 3 is 2.75 bits per heavy atom. The highest BCUT2D eigenvalue weighted by molar-refractivity contribution is 5.91. The number of furan rings is 2. The number of hydrogen-bond acceptors (Lipinski definition) is 3. The molecule has 0 saturated heterocycles. The number of carbonyl (C=O) groups is 1. The maximum Gasteiger partial charge on any atom is 0.287 e. The number of rotatable bonds is 3. The normalized spacial score (nSPS) is 12.4. The van der Waals surface area contributed by atoms with Crippen molar-refractivity contribution < 1.29 is 13.6 Å². The van der Waals surface area contributed by atoms with Gasteiger partial charge in [-0.15, -0.1) is 0 Å². The molecule has 4 heteroatoms. The smallest absolute Gasteiger partial charge is 0.287 e. The van der Waals surface area contributed by atoms with Gasteiger partial charge < -0.3 is 14.2 Å². The molecule has 0 radical (unpaired) electrons. The van der Waals surface area contributed by atoms with Crippen LogP contribution in [0.15, 0.2) is 39.4 Å². The minimum atomic E-state index is -0.244. The van der Waals surface area contributed by atoms with Crippen LogP contribution in [0.5, 0.6) is 0 Å². The second kappa shape index (κ2) is 4.26. The van der Waals surface area contributed by atoms with Crippen molar-refractivity contribution in [1.29, 1.82) is 0 Å². The topological polar surface area (TPSA) is 55.4 Å². The third-order valence-corrected chi connectivity index (χ3v) is 2.28. The molecule has 0 aliphatic rings. The lowest BCUT2D eigenvalue weighted by Gasteiger charge is -2.09. The van der Waals surface area contributed by atoms with Gasteiger partial charge in [-0.3, -0.25) is 4.79 Å². The molecule has 0 unspecified atom stereocenters. The molecule has 0 saturated carbocycles. The van der Waals surface area contributed by atoms with Gasteiger partial charge in [-0.1, -0.05) is 0 Å². The van der Waals surface area contributed by atoms with E-state index in [0.29, 0.717) is 5.76 Å². The molecular formula is C12H13NO3. The molecular weight excluding hydrogens is 206 g/mol. The van der Waals surface area contributed by atoms with Gasteiger partial charge in [-0.05, 0) is 38.1 Å². The Morgan fingerprint density at radius 1 is 1.38 bits per heavy atom. The summed E-state index contributed by atoms with van der Waals surface area (Å²) in [6.07, 6.45) is 1.47. The Morgan fingerprint density at radius 2 is 2.19 bits per heavy atom. The van der Waals surface area contributed by atoms with E-state index in [2.05, 4.69) is 5.32 Å². The Hall–Kier alpha value is -1.97. The second-order valence-corrected chi connectivity index (χ2v) is 3.62. The zero-order valence-corrected chi connectivity index (χ0v) is 9.19. The van der Waals surface area contributed by atoms with Gasteiger partial charge in [0, 0.05) is 0 Å². The summed E-state index contributed by atoms with van der Waals surface area (Å²) < 4.78 is 10.4. The van der Waals surface area contributed by atoms with Crippen LogP contribution < -0.4 is 5.32 Å². The molecule has 0 bridgehead atoms. The van der Waals surface area contributed by atoms with Crippen molar-refractivity contribution in [3.63, 3.8) is 0 Å². The van der Waals surface area contributed by atoms with E-state index in [1.165, 1.54) is 6.26 Å². The summed E-state index contributed by atoms with van der Waals surface area (Å²) in [5.74, 6) is 1.62. The van der Waals surface area contributed by atoms with E-state index in [4.69, 9.17) is 8.83 Å². The van der Waals surface area contributed by atoms with Crippen LogP contribution >= 0.6 is 0 Å². The largest absolute Gasteiger partial charge is 0.464 e. The van der Waals surface area contributed by atoms with Gasteiger partial charge in [-0.25, -0.2) is 0 Å². The van der Waals surface area contributed by atoms with Crippen LogP contribution in [0.4, 0.5) is 0 Å². The molecule has 2 heterocycles. The average molecular weight is 219 g/mol. The predicted molar refractivity (Wildman–Crippen MR) is 58.0 cm³/mol. The molecule has 2 rings (SSSR count). The molecule has 1 atom stereocenters. The van der Waals surface area contributed by atoms with Crippen molar-refractivity contribution in [2.45, 2.75) is 19.9 Å². The van der Waals surface area contributed by atoms with E-state index < -0.39 is 0 Å². The third kappa shape index (κ3) is 2.16. The van der Waals surface area contributed by atoms with Gasteiger partial charge in [0.25, 0.3) is 5.91 Å². The zero-order valence-electron chi connectivity index (χ0n) is 9.19. The van der Waals surface area contributed by atoms with E-state index in [1.807, 2.05) is 26.0 Å². The third-order valence-electron chi connectivity index (χ3n) is 2.28. The zero-order chi connectivity index (χ0) is 11.5. The van der Waals surface area contributed by atoms with E-state index in [1.54, 1.807) is 12.1 Å². The first-order valence-corrected chi connectivity index (χ1v) is 5.07. The molecule has 16 heavy (non-hydrogen) atoms. The monoisotopic (exact) mass is 219 g/mol. The number of aryl methyl sites for hydroxylation is 1. The first kappa shape index (κ1) is 10.5. The Bertz CT molecular complexity index is 470. The quantitative estimate of drug-likeness (QED) is 0.863. The summed E-state index contributed by atoms with van der Waals surface area (Å²) in [6, 6.07) is 6.84. The molecule has 0 spiro atoms. The lowest BCUT2D eigenvalue weighted by atomic mass is 10.2. The Balaban J connectivity index is 2.03. The summed E-state index contributed by atoms with van der Waals surface area (Å²) in [6.45, 7) is 3.73. The number of nitrogens with one attached hydrogen (secondary N) is 1. The van der Waals surface area contributed by atoms with Crippen LogP contribution in [0.3, 0.4) is 0 Å². The molecule has 0 aliphatic carbocycles. The highest BCUT2D eigenvalue weighted by atomic mass is 16.3. The first-order valence-electron chi connectivity index (χ1n) is 5.07. The van der Waals surface area contributed by atoms with Crippen LogP contribution in [0.1, 0.15) is 35.0 Å². The molecule has 0 fully saturated rings. The lowest BCUT2D eigenvalue weighted by molar-refractivity contribution is 0.0907. The summed E-state index contributed by atoms with van der Waals surface area (Å²) in [5.41, 5.74) is 0. The summed E-state index contributed by atoms with van der Waals surface area (Å²) in [5, 5.41) is 2.79. The van der Waals surface area contributed by atoms with Gasteiger partial charge >= 0.3 is 0 Å². The molecule has 1 amide bonds. The Labute approximate surface area is 93.2 Å². The second-order valence-electron chi connectivity index (χ2n) is 3.62. The standard InChI is InChI=1S/C12H13NO3/c1-8-5-6-10(16-8)9(2)13-12(14)11-4-3-7-15-11/h3-7,9H,1-2H3,(H,13,14)/t9-/m1/s1. The van der Waals surface area contributed by atoms with E-state index in [9.17, 15) is 4.79 Å². The molecule has 2 aromatic rings. The van der Waals surface area contributed by atoms with Crippen LogP contribution in [0.2, 0.25) is 0 Å². The molecule has 84 valence electrons. The number of carbonyl (C=O) groups excluding carboxylic acids is 1. The van der Waals surface area contributed by atoms with Crippen LogP contribution in [0, 0.1) is 6.92 Å². The molecule has 4 nitrogen and oxygen atoms in total. The van der Waals surface area contributed by atoms with Crippen molar-refractivity contribution in [3.05, 3.63) is 47.8 Å². The number of hydrogen-bond donors (Lipinski definition) is 1. The molecule has 0 aliphatic heterocycles. The SMILES string of the molecule is Cc1ccc([C@@H](C)NC(=O)c2ccco2)o1. The predicted octanol–water partition coefficient (Wildman–Crippen LogP) is 2.67. The highest BCUT2D eigenvalue weighted by Gasteiger charge is 2.15. The van der Waals surface area contributed by atoms with E-state index >= 15 is 0 Å². The summed E-state index contributed by atoms with van der Waals surface area (Å²) in [7, 11) is 0.